The first-order chi connectivity index (χ1) is 12.7. The molecule has 2 saturated heterocycles. The van der Waals surface area contributed by atoms with Crippen LogP contribution in [0.2, 0.25) is 0 Å². The quantitative estimate of drug-likeness (QED) is 0.823. The number of hydrogen-bond acceptors (Lipinski definition) is 6. The maximum Gasteiger partial charge on any atom is 0.146 e. The second kappa shape index (κ2) is 7.70. The third-order valence-electron chi connectivity index (χ3n) is 5.09. The summed E-state index contributed by atoms with van der Waals surface area (Å²) in [5, 5.41) is 0. The fraction of sp³-hybridized carbons (Fsp3) is 0.474. The molecule has 3 heterocycles. The Morgan fingerprint density at radius 2 is 1.73 bits per heavy atom. The molecule has 5 nitrogen and oxygen atoms in total. The Balaban J connectivity index is 1.48. The minimum atomic E-state index is -0.153. The summed E-state index contributed by atoms with van der Waals surface area (Å²) in [5.74, 6) is 4.13. The van der Waals surface area contributed by atoms with Crippen molar-refractivity contribution in [2.45, 2.75) is 13.0 Å². The Hall–Kier alpha value is -2.02. The zero-order valence-corrected chi connectivity index (χ0v) is 15.8. The van der Waals surface area contributed by atoms with Crippen molar-refractivity contribution in [3.05, 3.63) is 42.5 Å². The molecule has 2 aliphatic heterocycles. The van der Waals surface area contributed by atoms with Gasteiger partial charge in [-0.25, -0.2) is 14.4 Å². The van der Waals surface area contributed by atoms with Gasteiger partial charge >= 0.3 is 0 Å². The van der Waals surface area contributed by atoms with Crippen LogP contribution in [0.25, 0.3) is 0 Å². The molecular formula is C19H24FN5S. The average Bonchev–Trinajstić information content (AvgIpc) is 2.69. The third-order valence-corrected chi connectivity index (χ3v) is 6.03. The molecule has 2 aliphatic rings. The van der Waals surface area contributed by atoms with E-state index in [9.17, 15) is 4.39 Å². The first-order valence-electron chi connectivity index (χ1n) is 9.13. The molecule has 26 heavy (non-hydrogen) atoms. The van der Waals surface area contributed by atoms with E-state index < -0.39 is 0 Å². The normalized spacial score (nSPS) is 21.2. The van der Waals surface area contributed by atoms with Crippen LogP contribution < -0.4 is 14.7 Å². The number of nitrogens with zero attached hydrogens (tertiary/aromatic N) is 5. The number of rotatable bonds is 3. The minimum absolute atomic E-state index is 0.153. The molecule has 0 N–H and O–H groups in total. The molecule has 1 aromatic carbocycles. The van der Waals surface area contributed by atoms with Gasteiger partial charge in [0, 0.05) is 56.3 Å². The molecule has 7 heteroatoms. The summed E-state index contributed by atoms with van der Waals surface area (Å²) in [5.41, 5.74) is 0.689. The van der Waals surface area contributed by atoms with Crippen LogP contribution in [0.3, 0.4) is 0 Å². The van der Waals surface area contributed by atoms with E-state index in [1.54, 1.807) is 12.4 Å². The van der Waals surface area contributed by atoms with Crippen LogP contribution in [0.1, 0.15) is 6.92 Å². The predicted octanol–water partition coefficient (Wildman–Crippen LogP) is 2.88. The minimum Gasteiger partial charge on any atom is -0.363 e. The topological polar surface area (TPSA) is 35.5 Å². The number of para-hydroxylation sites is 1. The Labute approximate surface area is 158 Å². The molecular weight excluding hydrogens is 349 g/mol. The lowest BCUT2D eigenvalue weighted by Gasteiger charge is -2.42. The second-order valence-electron chi connectivity index (χ2n) is 6.77. The van der Waals surface area contributed by atoms with Gasteiger partial charge in [-0.2, -0.15) is 11.8 Å². The first-order valence-corrected chi connectivity index (χ1v) is 10.3. The van der Waals surface area contributed by atoms with E-state index in [1.165, 1.54) is 6.07 Å². The number of halogens is 1. The summed E-state index contributed by atoms with van der Waals surface area (Å²) in [6, 6.07) is 9.33. The van der Waals surface area contributed by atoms with Gasteiger partial charge in [0.1, 0.15) is 23.8 Å². The Kier molecular flexibility index (Phi) is 5.15. The van der Waals surface area contributed by atoms with E-state index in [0.29, 0.717) is 5.69 Å². The molecule has 0 saturated carbocycles. The van der Waals surface area contributed by atoms with Gasteiger partial charge < -0.3 is 14.7 Å². The number of thioether (sulfide) groups is 1. The van der Waals surface area contributed by atoms with Gasteiger partial charge in [-0.05, 0) is 19.1 Å². The van der Waals surface area contributed by atoms with Crippen molar-refractivity contribution in [3.63, 3.8) is 0 Å². The van der Waals surface area contributed by atoms with Crippen molar-refractivity contribution in [1.82, 2.24) is 9.97 Å². The molecule has 0 aliphatic carbocycles. The van der Waals surface area contributed by atoms with E-state index in [2.05, 4.69) is 37.7 Å². The summed E-state index contributed by atoms with van der Waals surface area (Å²) in [6.07, 6.45) is 1.67. The molecule has 1 atom stereocenters. The molecule has 2 fully saturated rings. The van der Waals surface area contributed by atoms with Crippen LogP contribution in [-0.4, -0.2) is 60.2 Å². The van der Waals surface area contributed by atoms with Crippen LogP contribution in [0, 0.1) is 5.82 Å². The Morgan fingerprint density at radius 3 is 2.46 bits per heavy atom. The van der Waals surface area contributed by atoms with Gasteiger partial charge in [0.2, 0.25) is 0 Å². The van der Waals surface area contributed by atoms with E-state index in [1.807, 2.05) is 23.9 Å². The summed E-state index contributed by atoms with van der Waals surface area (Å²) in [4.78, 5) is 15.7. The summed E-state index contributed by atoms with van der Waals surface area (Å²) in [6.45, 7) is 6.65. The van der Waals surface area contributed by atoms with Gasteiger partial charge in [-0.15, -0.1) is 0 Å². The molecule has 1 aromatic heterocycles. The van der Waals surface area contributed by atoms with Crippen LogP contribution >= 0.6 is 11.8 Å². The maximum absolute atomic E-state index is 14.1. The van der Waals surface area contributed by atoms with Gasteiger partial charge in [-0.3, -0.25) is 0 Å². The fourth-order valence-corrected chi connectivity index (χ4v) is 4.59. The van der Waals surface area contributed by atoms with Gasteiger partial charge in [0.05, 0.1) is 5.69 Å². The van der Waals surface area contributed by atoms with Gasteiger partial charge in [0.15, 0.2) is 0 Å². The highest BCUT2D eigenvalue weighted by molar-refractivity contribution is 7.99. The highest BCUT2D eigenvalue weighted by atomic mass is 32.2. The predicted molar refractivity (Wildman–Crippen MR) is 107 cm³/mol. The molecule has 0 amide bonds. The van der Waals surface area contributed by atoms with Crippen molar-refractivity contribution in [1.29, 1.82) is 0 Å². The second-order valence-corrected chi connectivity index (χ2v) is 8.00. The van der Waals surface area contributed by atoms with Crippen molar-refractivity contribution in [2.75, 3.05) is 58.9 Å². The molecule has 2 aromatic rings. The maximum atomic E-state index is 14.1. The van der Waals surface area contributed by atoms with Crippen LogP contribution in [-0.2, 0) is 0 Å². The number of hydrogen-bond donors (Lipinski definition) is 0. The Morgan fingerprint density at radius 1 is 1.00 bits per heavy atom. The molecule has 4 rings (SSSR count). The van der Waals surface area contributed by atoms with Crippen molar-refractivity contribution >= 4 is 29.1 Å². The van der Waals surface area contributed by atoms with E-state index in [0.717, 1.165) is 55.9 Å². The fourth-order valence-electron chi connectivity index (χ4n) is 3.68. The van der Waals surface area contributed by atoms with Crippen LogP contribution in [0.15, 0.2) is 36.7 Å². The first kappa shape index (κ1) is 17.4. The summed E-state index contributed by atoms with van der Waals surface area (Å²) >= 11 is 1.99. The van der Waals surface area contributed by atoms with Crippen molar-refractivity contribution < 1.29 is 4.39 Å². The molecule has 0 radical (unpaired) electrons. The number of benzene rings is 1. The smallest absolute Gasteiger partial charge is 0.146 e. The summed E-state index contributed by atoms with van der Waals surface area (Å²) in [7, 11) is 0. The molecule has 0 bridgehead atoms. The zero-order valence-electron chi connectivity index (χ0n) is 15.0. The lowest BCUT2D eigenvalue weighted by Crippen LogP contribution is -2.52. The van der Waals surface area contributed by atoms with E-state index in [4.69, 9.17) is 0 Å². The number of piperazine rings is 1. The van der Waals surface area contributed by atoms with Crippen LogP contribution in [0.5, 0.6) is 0 Å². The van der Waals surface area contributed by atoms with Gasteiger partial charge in [-0.1, -0.05) is 12.1 Å². The molecule has 138 valence electrons. The lowest BCUT2D eigenvalue weighted by molar-refractivity contribution is 0.530. The SMILES string of the molecule is CC1CN(c2cc(N3CCSCC3)ncn2)CCN1c1ccccc1F. The van der Waals surface area contributed by atoms with Crippen molar-refractivity contribution in [3.8, 4) is 0 Å². The van der Waals surface area contributed by atoms with Crippen molar-refractivity contribution in [2.24, 2.45) is 0 Å². The largest absolute Gasteiger partial charge is 0.363 e. The Bertz CT molecular complexity index is 752. The van der Waals surface area contributed by atoms with Gasteiger partial charge in [0.25, 0.3) is 0 Å². The third kappa shape index (κ3) is 3.58. The average molecular weight is 374 g/mol. The van der Waals surface area contributed by atoms with E-state index >= 15 is 0 Å². The summed E-state index contributed by atoms with van der Waals surface area (Å²) < 4.78 is 14.1. The lowest BCUT2D eigenvalue weighted by atomic mass is 10.1. The molecule has 0 spiro atoms. The standard InChI is InChI=1S/C19H24FN5S/c1-15-13-24(6-7-25(15)17-5-3-2-4-16(17)20)19-12-18(21-14-22-19)23-8-10-26-11-9-23/h2-5,12,14-15H,6-11,13H2,1H3. The van der Waals surface area contributed by atoms with E-state index in [-0.39, 0.29) is 11.9 Å². The highest BCUT2D eigenvalue weighted by Gasteiger charge is 2.26. The number of anilines is 3. The molecule has 1 unspecified atom stereocenters. The monoisotopic (exact) mass is 373 g/mol. The highest BCUT2D eigenvalue weighted by Crippen LogP contribution is 2.27. The zero-order chi connectivity index (χ0) is 17.9. The number of aromatic nitrogens is 2. The van der Waals surface area contributed by atoms with Crippen LogP contribution in [0.4, 0.5) is 21.7 Å².